The number of hydrogen-bond donors (Lipinski definition) is 0. The molecule has 0 aromatic heterocycles. The molecule has 0 spiro atoms. The lowest BCUT2D eigenvalue weighted by Gasteiger charge is -2.39. The summed E-state index contributed by atoms with van der Waals surface area (Å²) in [5.74, 6) is 0. The lowest BCUT2D eigenvalue weighted by atomic mass is 10.0. The highest BCUT2D eigenvalue weighted by atomic mass is 31.1. The van der Waals surface area contributed by atoms with Gasteiger partial charge in [-0.25, -0.2) is 0 Å². The van der Waals surface area contributed by atoms with Crippen LogP contribution in [0.4, 0.5) is 0 Å². The van der Waals surface area contributed by atoms with Crippen LogP contribution >= 0.6 is 16.2 Å². The second-order valence-corrected chi connectivity index (χ2v) is 14.3. The first-order chi connectivity index (χ1) is 18.5. The second-order valence-electron chi connectivity index (χ2n) is 10.0. The van der Waals surface area contributed by atoms with Gasteiger partial charge in [0.1, 0.15) is 6.10 Å². The van der Waals surface area contributed by atoms with Crippen LogP contribution in [-0.4, -0.2) is 23.9 Å². The van der Waals surface area contributed by atoms with Gasteiger partial charge in [-0.3, -0.25) is 4.67 Å². The Bertz CT molecular complexity index is 1180. The standard InChI is InChI=1S/C34H41NOP2/c1-6-7-26-37(31-16-12-9-13-17-31)35(5)29(4)34(30-14-10-8-11-15-30)36-38(32-22-18-27(2)19-23-32)33-24-20-28(3)21-25-33/h8-25,29,34H,6-7,26H2,1-5H3/t29-,34-,37?/m0/s1. The molecule has 0 aliphatic carbocycles. The summed E-state index contributed by atoms with van der Waals surface area (Å²) in [6, 6.07) is 39.9. The molecule has 0 saturated carbocycles. The Kier molecular flexibility index (Phi) is 10.7. The summed E-state index contributed by atoms with van der Waals surface area (Å²) < 4.78 is 9.90. The van der Waals surface area contributed by atoms with E-state index in [2.05, 4.69) is 149 Å². The highest BCUT2D eigenvalue weighted by Gasteiger charge is 2.32. The monoisotopic (exact) mass is 541 g/mol. The van der Waals surface area contributed by atoms with Crippen molar-refractivity contribution in [2.45, 2.75) is 52.7 Å². The Balaban J connectivity index is 1.73. The number of aryl methyl sites for hydroxylation is 2. The molecular weight excluding hydrogens is 500 g/mol. The van der Waals surface area contributed by atoms with E-state index in [0.717, 1.165) is 0 Å². The fourth-order valence-electron chi connectivity index (χ4n) is 4.61. The van der Waals surface area contributed by atoms with E-state index in [9.17, 15) is 0 Å². The average molecular weight is 542 g/mol. The predicted molar refractivity (Wildman–Crippen MR) is 169 cm³/mol. The minimum Gasteiger partial charge on any atom is -0.340 e. The van der Waals surface area contributed by atoms with Gasteiger partial charge in [-0.2, -0.15) is 0 Å². The fraction of sp³-hybridized carbons (Fsp3) is 0.294. The number of rotatable bonds is 12. The van der Waals surface area contributed by atoms with Gasteiger partial charge in [0.2, 0.25) is 0 Å². The Hall–Kier alpha value is -2.34. The molecule has 0 N–H and O–H groups in total. The maximum atomic E-state index is 7.30. The van der Waals surface area contributed by atoms with Gasteiger partial charge < -0.3 is 4.52 Å². The summed E-state index contributed by atoms with van der Waals surface area (Å²) in [5.41, 5.74) is 3.77. The summed E-state index contributed by atoms with van der Waals surface area (Å²) in [4.78, 5) is 0. The van der Waals surface area contributed by atoms with Crippen LogP contribution < -0.4 is 15.9 Å². The zero-order valence-corrected chi connectivity index (χ0v) is 25.2. The summed E-state index contributed by atoms with van der Waals surface area (Å²) in [5, 5.41) is 3.94. The summed E-state index contributed by atoms with van der Waals surface area (Å²) >= 11 is 0. The molecule has 3 atom stereocenters. The third kappa shape index (κ3) is 7.40. The van der Waals surface area contributed by atoms with E-state index in [1.807, 2.05) is 0 Å². The third-order valence-corrected chi connectivity index (χ3v) is 11.8. The number of benzene rings is 4. The minimum absolute atomic E-state index is 0.0646. The molecule has 0 bridgehead atoms. The van der Waals surface area contributed by atoms with Crippen molar-refractivity contribution >= 4 is 32.1 Å². The Morgan fingerprint density at radius 3 is 1.68 bits per heavy atom. The fourth-order valence-corrected chi connectivity index (χ4v) is 9.14. The van der Waals surface area contributed by atoms with E-state index in [1.165, 1.54) is 51.6 Å². The molecule has 0 fully saturated rings. The Morgan fingerprint density at radius 2 is 1.18 bits per heavy atom. The number of unbranched alkanes of at least 4 members (excludes halogenated alkanes) is 1. The Morgan fingerprint density at radius 1 is 0.684 bits per heavy atom. The maximum Gasteiger partial charge on any atom is 0.103 e. The van der Waals surface area contributed by atoms with Crippen LogP contribution in [0.15, 0.2) is 109 Å². The summed E-state index contributed by atoms with van der Waals surface area (Å²) in [6.07, 6.45) is 3.57. The van der Waals surface area contributed by atoms with E-state index in [1.54, 1.807) is 0 Å². The van der Waals surface area contributed by atoms with Crippen molar-refractivity contribution < 1.29 is 4.52 Å². The van der Waals surface area contributed by atoms with Gasteiger partial charge >= 0.3 is 0 Å². The molecule has 0 heterocycles. The molecule has 0 aliphatic rings. The lowest BCUT2D eigenvalue weighted by Crippen LogP contribution is -2.35. The van der Waals surface area contributed by atoms with Crippen LogP contribution in [0.3, 0.4) is 0 Å². The van der Waals surface area contributed by atoms with Gasteiger partial charge in [-0.1, -0.05) is 134 Å². The summed E-state index contributed by atoms with van der Waals surface area (Å²) in [6.45, 7) is 8.92. The van der Waals surface area contributed by atoms with Crippen molar-refractivity contribution in [1.29, 1.82) is 0 Å². The average Bonchev–Trinajstić information content (AvgIpc) is 2.96. The van der Waals surface area contributed by atoms with Crippen molar-refractivity contribution in [3.63, 3.8) is 0 Å². The van der Waals surface area contributed by atoms with Crippen LogP contribution in [-0.2, 0) is 4.52 Å². The largest absolute Gasteiger partial charge is 0.340 e. The van der Waals surface area contributed by atoms with Gasteiger partial charge in [0, 0.05) is 16.7 Å². The molecule has 38 heavy (non-hydrogen) atoms. The molecule has 0 radical (unpaired) electrons. The van der Waals surface area contributed by atoms with Gasteiger partial charge in [-0.05, 0) is 59.3 Å². The van der Waals surface area contributed by atoms with Crippen LogP contribution in [0, 0.1) is 13.8 Å². The number of hydrogen-bond acceptors (Lipinski definition) is 2. The molecule has 4 rings (SSSR count). The second kappa shape index (κ2) is 14.2. The van der Waals surface area contributed by atoms with Crippen LogP contribution in [0.5, 0.6) is 0 Å². The van der Waals surface area contributed by atoms with Crippen molar-refractivity contribution in [2.24, 2.45) is 0 Å². The van der Waals surface area contributed by atoms with Crippen LogP contribution in [0.25, 0.3) is 0 Å². The molecular formula is C34H41NOP2. The van der Waals surface area contributed by atoms with Gasteiger partial charge in [0.15, 0.2) is 0 Å². The zero-order valence-electron chi connectivity index (χ0n) is 23.4. The van der Waals surface area contributed by atoms with Gasteiger partial charge in [-0.15, -0.1) is 0 Å². The first-order valence-electron chi connectivity index (χ1n) is 13.7. The SMILES string of the molecule is CCCCP(c1ccccc1)N(C)[C@@H](C)[C@H](OP(c1ccc(C)cc1)c1ccc(C)cc1)c1ccccc1. The van der Waals surface area contributed by atoms with Crippen LogP contribution in [0.1, 0.15) is 49.5 Å². The molecule has 2 nitrogen and oxygen atoms in total. The molecule has 1 unspecified atom stereocenters. The topological polar surface area (TPSA) is 12.5 Å². The number of nitrogens with zero attached hydrogens (tertiary/aromatic N) is 1. The lowest BCUT2D eigenvalue weighted by molar-refractivity contribution is 0.154. The first-order valence-corrected chi connectivity index (χ1v) is 16.4. The smallest absolute Gasteiger partial charge is 0.103 e. The predicted octanol–water partition coefficient (Wildman–Crippen LogP) is 8.25. The highest BCUT2D eigenvalue weighted by molar-refractivity contribution is 7.68. The van der Waals surface area contributed by atoms with Crippen LogP contribution in [0.2, 0.25) is 0 Å². The van der Waals surface area contributed by atoms with E-state index in [0.29, 0.717) is 0 Å². The molecule has 0 saturated heterocycles. The van der Waals surface area contributed by atoms with Crippen molar-refractivity contribution in [1.82, 2.24) is 4.67 Å². The highest BCUT2D eigenvalue weighted by Crippen LogP contribution is 2.48. The van der Waals surface area contributed by atoms with Crippen molar-refractivity contribution in [3.8, 4) is 0 Å². The van der Waals surface area contributed by atoms with Gasteiger partial charge in [0.25, 0.3) is 0 Å². The van der Waals surface area contributed by atoms with E-state index in [4.69, 9.17) is 4.52 Å². The Labute approximate surface area is 232 Å². The van der Waals surface area contributed by atoms with E-state index < -0.39 is 16.2 Å². The number of likely N-dealkylation sites (N-methyl/N-ethyl adjacent to an activating group) is 1. The summed E-state index contributed by atoms with van der Waals surface area (Å²) in [7, 11) is 0.837. The molecule has 0 amide bonds. The van der Waals surface area contributed by atoms with Crippen molar-refractivity contribution in [3.05, 3.63) is 126 Å². The zero-order chi connectivity index (χ0) is 26.9. The molecule has 0 aliphatic heterocycles. The molecule has 4 aromatic carbocycles. The molecule has 198 valence electrons. The van der Waals surface area contributed by atoms with E-state index in [-0.39, 0.29) is 12.1 Å². The third-order valence-electron chi connectivity index (χ3n) is 7.07. The minimum atomic E-state index is -1.000. The first kappa shape index (κ1) is 28.7. The van der Waals surface area contributed by atoms with E-state index >= 15 is 0 Å². The molecule has 4 aromatic rings. The normalized spacial score (nSPS) is 14.0. The maximum absolute atomic E-state index is 7.30. The van der Waals surface area contributed by atoms with Gasteiger partial charge in [0.05, 0.1) is 8.15 Å². The van der Waals surface area contributed by atoms with Crippen molar-refractivity contribution in [2.75, 3.05) is 13.2 Å². The molecule has 4 heteroatoms. The quantitative estimate of drug-likeness (QED) is 0.168.